The van der Waals surface area contributed by atoms with Crippen molar-refractivity contribution >= 4 is 49.1 Å². The van der Waals surface area contributed by atoms with Crippen molar-refractivity contribution in [2.45, 2.75) is 12.5 Å². The first-order chi connectivity index (χ1) is 7.41. The van der Waals surface area contributed by atoms with Crippen molar-refractivity contribution in [3.63, 3.8) is 0 Å². The monoisotopic (exact) mass is 371 g/mol. The van der Waals surface area contributed by atoms with Crippen LogP contribution in [-0.2, 0) is 0 Å². The van der Waals surface area contributed by atoms with Crippen molar-refractivity contribution in [2.24, 2.45) is 0 Å². The third-order valence-electron chi connectivity index (χ3n) is 2.01. The summed E-state index contributed by atoms with van der Waals surface area (Å²) >= 11 is 7.93. The molecular formula is C9H11Br2NO3S. The summed E-state index contributed by atoms with van der Waals surface area (Å²) in [5, 5.41) is 20.7. The lowest BCUT2D eigenvalue weighted by Crippen LogP contribution is -2.51. The van der Waals surface area contributed by atoms with E-state index in [0.717, 1.165) is 3.79 Å². The summed E-state index contributed by atoms with van der Waals surface area (Å²) in [6, 6.07) is 1.68. The van der Waals surface area contributed by atoms with Gasteiger partial charge in [-0.25, -0.2) is 0 Å². The summed E-state index contributed by atoms with van der Waals surface area (Å²) in [4.78, 5) is 11.8. The third kappa shape index (κ3) is 3.27. The zero-order chi connectivity index (χ0) is 12.3. The zero-order valence-corrected chi connectivity index (χ0v) is 12.4. The van der Waals surface area contributed by atoms with Crippen LogP contribution < -0.4 is 5.32 Å². The highest BCUT2D eigenvalue weighted by molar-refractivity contribution is 9.12. The minimum Gasteiger partial charge on any atom is -0.394 e. The summed E-state index contributed by atoms with van der Waals surface area (Å²) in [7, 11) is 0. The number of hydrogen-bond acceptors (Lipinski definition) is 4. The second-order valence-electron chi connectivity index (χ2n) is 3.57. The highest BCUT2D eigenvalue weighted by Crippen LogP contribution is 2.31. The molecule has 0 radical (unpaired) electrons. The fraction of sp³-hybridized carbons (Fsp3) is 0.444. The molecule has 0 aliphatic rings. The Morgan fingerprint density at radius 1 is 1.50 bits per heavy atom. The first kappa shape index (κ1) is 14.1. The Kier molecular flexibility index (Phi) is 4.93. The Bertz CT molecular complexity index is 390. The van der Waals surface area contributed by atoms with Crippen LogP contribution in [0.5, 0.6) is 0 Å². The molecule has 0 spiro atoms. The van der Waals surface area contributed by atoms with Crippen molar-refractivity contribution in [3.05, 3.63) is 19.2 Å². The summed E-state index contributed by atoms with van der Waals surface area (Å²) < 4.78 is 1.54. The largest absolute Gasteiger partial charge is 0.394 e. The van der Waals surface area contributed by atoms with Gasteiger partial charge >= 0.3 is 0 Å². The number of amides is 1. The molecule has 0 atom stereocenters. The molecule has 0 saturated heterocycles. The van der Waals surface area contributed by atoms with Crippen LogP contribution in [0.1, 0.15) is 17.3 Å². The fourth-order valence-electron chi connectivity index (χ4n) is 0.966. The number of carbonyl (C=O) groups excluding carboxylic acids is 1. The highest BCUT2D eigenvalue weighted by Gasteiger charge is 2.26. The molecule has 1 rings (SSSR count). The van der Waals surface area contributed by atoms with E-state index in [1.807, 2.05) is 0 Å². The Morgan fingerprint density at radius 3 is 2.44 bits per heavy atom. The van der Waals surface area contributed by atoms with Crippen molar-refractivity contribution in [3.8, 4) is 0 Å². The Morgan fingerprint density at radius 2 is 2.06 bits per heavy atom. The quantitative estimate of drug-likeness (QED) is 0.754. The van der Waals surface area contributed by atoms with Crippen LogP contribution in [0.25, 0.3) is 0 Å². The highest BCUT2D eigenvalue weighted by atomic mass is 79.9. The van der Waals surface area contributed by atoms with Crippen molar-refractivity contribution in [2.75, 3.05) is 13.2 Å². The van der Waals surface area contributed by atoms with Crippen LogP contribution in [-0.4, -0.2) is 34.9 Å². The van der Waals surface area contributed by atoms with Gasteiger partial charge in [-0.2, -0.15) is 0 Å². The fourth-order valence-corrected chi connectivity index (χ4v) is 3.76. The molecule has 1 heterocycles. The second kappa shape index (κ2) is 5.59. The molecule has 7 heteroatoms. The zero-order valence-electron chi connectivity index (χ0n) is 8.46. The molecule has 4 nitrogen and oxygen atoms in total. The predicted molar refractivity (Wildman–Crippen MR) is 69.8 cm³/mol. The lowest BCUT2D eigenvalue weighted by Gasteiger charge is -2.25. The van der Waals surface area contributed by atoms with E-state index in [1.54, 1.807) is 13.0 Å². The first-order valence-corrected chi connectivity index (χ1v) is 6.81. The maximum Gasteiger partial charge on any atom is 0.253 e. The molecule has 0 fully saturated rings. The van der Waals surface area contributed by atoms with Crippen molar-refractivity contribution < 1.29 is 15.0 Å². The van der Waals surface area contributed by atoms with Crippen LogP contribution in [0.3, 0.4) is 0 Å². The van der Waals surface area contributed by atoms with Gasteiger partial charge in [0, 0.05) is 0 Å². The molecule has 0 aromatic carbocycles. The maximum atomic E-state index is 11.8. The van der Waals surface area contributed by atoms with E-state index < -0.39 is 5.54 Å². The van der Waals surface area contributed by atoms with Crippen LogP contribution in [0.2, 0.25) is 0 Å². The molecule has 0 bridgehead atoms. The third-order valence-corrected chi connectivity index (χ3v) is 4.35. The van der Waals surface area contributed by atoms with Gasteiger partial charge in [0.15, 0.2) is 0 Å². The Balaban J connectivity index is 2.84. The molecule has 16 heavy (non-hydrogen) atoms. The van der Waals surface area contributed by atoms with Gasteiger partial charge in [-0.05, 0) is 44.8 Å². The lowest BCUT2D eigenvalue weighted by atomic mass is 10.1. The van der Waals surface area contributed by atoms with Gasteiger partial charge in [0.2, 0.25) is 0 Å². The summed E-state index contributed by atoms with van der Waals surface area (Å²) in [5.74, 6) is -0.334. The summed E-state index contributed by atoms with van der Waals surface area (Å²) in [6.07, 6.45) is 0. The number of aliphatic hydroxyl groups is 2. The molecule has 1 aromatic heterocycles. The molecule has 3 N–H and O–H groups in total. The van der Waals surface area contributed by atoms with Crippen molar-refractivity contribution in [1.29, 1.82) is 0 Å². The average molecular weight is 373 g/mol. The standard InChI is InChI=1S/C9H11Br2NO3S/c1-9(3-13,4-14)12-8(15)5-2-6(10)16-7(5)11/h2,13-14H,3-4H2,1H3,(H,12,15). The van der Waals surface area contributed by atoms with Gasteiger partial charge < -0.3 is 15.5 Å². The molecule has 0 saturated carbocycles. The number of nitrogens with one attached hydrogen (secondary N) is 1. The normalized spacial score (nSPS) is 11.6. The van der Waals surface area contributed by atoms with Gasteiger partial charge in [-0.15, -0.1) is 11.3 Å². The van der Waals surface area contributed by atoms with Gasteiger partial charge in [0.05, 0.1) is 31.9 Å². The number of hydrogen-bond donors (Lipinski definition) is 3. The number of thiophene rings is 1. The van der Waals surface area contributed by atoms with Crippen LogP contribution in [0.4, 0.5) is 0 Å². The molecule has 1 aromatic rings. The van der Waals surface area contributed by atoms with E-state index in [9.17, 15) is 4.79 Å². The van der Waals surface area contributed by atoms with Crippen LogP contribution >= 0.6 is 43.2 Å². The maximum absolute atomic E-state index is 11.8. The SMILES string of the molecule is CC(CO)(CO)NC(=O)c1cc(Br)sc1Br. The van der Waals surface area contributed by atoms with Gasteiger partial charge in [-0.1, -0.05) is 0 Å². The molecular weight excluding hydrogens is 362 g/mol. The van der Waals surface area contributed by atoms with E-state index in [2.05, 4.69) is 37.2 Å². The minimum atomic E-state index is -1.01. The van der Waals surface area contributed by atoms with Gasteiger partial charge in [-0.3, -0.25) is 4.79 Å². The van der Waals surface area contributed by atoms with Gasteiger partial charge in [0.1, 0.15) is 0 Å². The number of rotatable bonds is 4. The summed E-state index contributed by atoms with van der Waals surface area (Å²) in [6.45, 7) is 0.927. The Labute approximate surface area is 114 Å². The number of aliphatic hydroxyl groups excluding tert-OH is 2. The summed E-state index contributed by atoms with van der Waals surface area (Å²) in [5.41, 5.74) is -0.532. The molecule has 0 aliphatic carbocycles. The minimum absolute atomic E-state index is 0.321. The van der Waals surface area contributed by atoms with E-state index in [1.165, 1.54) is 11.3 Å². The molecule has 0 unspecified atom stereocenters. The first-order valence-electron chi connectivity index (χ1n) is 4.41. The van der Waals surface area contributed by atoms with Crippen LogP contribution in [0, 0.1) is 0 Å². The Hall–Kier alpha value is 0.0500. The number of carbonyl (C=O) groups is 1. The molecule has 0 aliphatic heterocycles. The van der Waals surface area contributed by atoms with E-state index in [-0.39, 0.29) is 19.1 Å². The van der Waals surface area contributed by atoms with E-state index >= 15 is 0 Å². The van der Waals surface area contributed by atoms with Gasteiger partial charge in [0.25, 0.3) is 5.91 Å². The molecule has 90 valence electrons. The van der Waals surface area contributed by atoms with E-state index in [0.29, 0.717) is 9.35 Å². The second-order valence-corrected chi connectivity index (χ2v) is 7.32. The average Bonchev–Trinajstić information content (AvgIpc) is 2.57. The van der Waals surface area contributed by atoms with E-state index in [4.69, 9.17) is 10.2 Å². The molecule has 1 amide bonds. The van der Waals surface area contributed by atoms with Crippen LogP contribution in [0.15, 0.2) is 13.6 Å². The number of halogens is 2. The smallest absolute Gasteiger partial charge is 0.253 e. The topological polar surface area (TPSA) is 69.6 Å². The van der Waals surface area contributed by atoms with Crippen molar-refractivity contribution in [1.82, 2.24) is 5.32 Å². The lowest BCUT2D eigenvalue weighted by molar-refractivity contribution is 0.0723. The predicted octanol–water partition coefficient (Wildman–Crippen LogP) is 1.75.